The Morgan fingerprint density at radius 3 is 1.57 bits per heavy atom. The molecule has 0 aliphatic carbocycles. The summed E-state index contributed by atoms with van der Waals surface area (Å²) < 4.78 is 10.3. The lowest BCUT2D eigenvalue weighted by Crippen LogP contribution is -1.93. The number of hydrogen-bond donors (Lipinski definition) is 0. The molecule has 0 N–H and O–H groups in total. The molecule has 0 fully saturated rings. The van der Waals surface area contributed by atoms with Crippen LogP contribution in [0.4, 0.5) is 0 Å². The summed E-state index contributed by atoms with van der Waals surface area (Å²) in [5.41, 5.74) is 0. The highest BCUT2D eigenvalue weighted by atomic mass is 32.2. The topological polar surface area (TPSA) is 17.1 Å². The third-order valence-corrected chi connectivity index (χ3v) is 1.93. The van der Waals surface area contributed by atoms with Crippen molar-refractivity contribution in [3.8, 4) is 0 Å². The summed E-state index contributed by atoms with van der Waals surface area (Å²) in [4.78, 5) is 0. The summed E-state index contributed by atoms with van der Waals surface area (Å²) in [6.07, 6.45) is 0. The normalized spacial score (nSPS) is 8.43. The van der Waals surface area contributed by atoms with E-state index in [4.69, 9.17) is 0 Å². The molecule has 7 heavy (non-hydrogen) atoms. The van der Waals surface area contributed by atoms with E-state index in [0.717, 1.165) is 11.5 Å². The van der Waals surface area contributed by atoms with Gasteiger partial charge in [-0.3, -0.25) is 4.21 Å². The first-order chi connectivity index (χ1) is 2.81. The second-order valence-electron chi connectivity index (χ2n) is 1.02. The molecule has 1 nitrogen and oxygen atoms in total. The Balaban J connectivity index is 0. The van der Waals surface area contributed by atoms with Gasteiger partial charge in [0.1, 0.15) is 0 Å². The van der Waals surface area contributed by atoms with Crippen LogP contribution in [0, 0.1) is 0 Å². The first kappa shape index (κ1) is 10.2. The van der Waals surface area contributed by atoms with Crippen LogP contribution in [0.15, 0.2) is 0 Å². The average molecular weight is 122 g/mol. The van der Waals surface area contributed by atoms with E-state index >= 15 is 0 Å². The van der Waals surface area contributed by atoms with Crippen LogP contribution >= 0.6 is 0 Å². The quantitative estimate of drug-likeness (QED) is 0.541. The average Bonchev–Trinajstić information content (AvgIpc) is 1.65. The largest absolute Gasteiger partial charge is 0.260 e. The fraction of sp³-hybridized carbons (Fsp3) is 1.00. The minimum Gasteiger partial charge on any atom is -0.260 e. The van der Waals surface area contributed by atoms with Crippen molar-refractivity contribution in [2.75, 3.05) is 11.5 Å². The van der Waals surface area contributed by atoms with Crippen molar-refractivity contribution in [2.45, 2.75) is 21.3 Å². The Morgan fingerprint density at radius 1 is 1.29 bits per heavy atom. The maximum absolute atomic E-state index is 10.3. The molecule has 0 heterocycles. The van der Waals surface area contributed by atoms with Crippen molar-refractivity contribution in [2.24, 2.45) is 0 Å². The van der Waals surface area contributed by atoms with E-state index in [-0.39, 0.29) is 7.43 Å². The molecule has 0 aliphatic rings. The van der Waals surface area contributed by atoms with E-state index in [1.807, 2.05) is 13.8 Å². The maximum Gasteiger partial charge on any atom is 0.0206 e. The van der Waals surface area contributed by atoms with Crippen LogP contribution in [0.1, 0.15) is 21.3 Å². The molecular weight excluding hydrogens is 108 g/mol. The Hall–Kier alpha value is 0.150. The Kier molecular flexibility index (Phi) is 8.96. The minimum atomic E-state index is -0.534. The maximum atomic E-state index is 10.3. The minimum absolute atomic E-state index is 0. The van der Waals surface area contributed by atoms with Gasteiger partial charge in [0.2, 0.25) is 0 Å². The van der Waals surface area contributed by atoms with Crippen LogP contribution in [-0.2, 0) is 10.8 Å². The SMILES string of the molecule is C.CCS(=O)CC. The lowest BCUT2D eigenvalue weighted by Gasteiger charge is -1.84. The first-order valence-corrected chi connectivity index (χ1v) is 3.65. The summed E-state index contributed by atoms with van der Waals surface area (Å²) in [5, 5.41) is 0. The molecule has 46 valence electrons. The molecule has 0 aromatic rings. The molecule has 0 amide bonds. The molecule has 0 unspecified atom stereocenters. The summed E-state index contributed by atoms with van der Waals surface area (Å²) in [6, 6.07) is 0. The van der Waals surface area contributed by atoms with Gasteiger partial charge in [0.05, 0.1) is 0 Å². The molecule has 2 heteroatoms. The van der Waals surface area contributed by atoms with Crippen LogP contribution in [0.3, 0.4) is 0 Å². The van der Waals surface area contributed by atoms with E-state index < -0.39 is 10.8 Å². The van der Waals surface area contributed by atoms with Crippen molar-refractivity contribution in [3.05, 3.63) is 0 Å². The van der Waals surface area contributed by atoms with Gasteiger partial charge in [0.15, 0.2) is 0 Å². The van der Waals surface area contributed by atoms with Gasteiger partial charge >= 0.3 is 0 Å². The third kappa shape index (κ3) is 6.15. The molecule has 0 rings (SSSR count). The zero-order valence-electron chi connectivity index (χ0n) is 4.23. The van der Waals surface area contributed by atoms with E-state index in [2.05, 4.69) is 0 Å². The van der Waals surface area contributed by atoms with Crippen molar-refractivity contribution >= 4 is 10.8 Å². The Morgan fingerprint density at radius 2 is 1.57 bits per heavy atom. The Labute approximate surface area is 48.6 Å². The second-order valence-corrected chi connectivity index (χ2v) is 3.05. The summed E-state index contributed by atoms with van der Waals surface area (Å²) in [5.74, 6) is 1.60. The van der Waals surface area contributed by atoms with Gasteiger partial charge in [-0.1, -0.05) is 21.3 Å². The molecule has 0 aromatic carbocycles. The van der Waals surface area contributed by atoms with Gasteiger partial charge in [0.25, 0.3) is 0 Å². The van der Waals surface area contributed by atoms with E-state index in [1.54, 1.807) is 0 Å². The smallest absolute Gasteiger partial charge is 0.0206 e. The van der Waals surface area contributed by atoms with Crippen molar-refractivity contribution in [3.63, 3.8) is 0 Å². The molecule has 0 atom stereocenters. The van der Waals surface area contributed by atoms with E-state index in [1.165, 1.54) is 0 Å². The highest BCUT2D eigenvalue weighted by Crippen LogP contribution is 1.75. The second kappa shape index (κ2) is 6.15. The van der Waals surface area contributed by atoms with Crippen molar-refractivity contribution in [1.29, 1.82) is 0 Å². The fourth-order valence-corrected chi connectivity index (χ4v) is 0.612. The molecule has 0 aromatic heterocycles. The predicted octanol–water partition coefficient (Wildman–Crippen LogP) is 1.41. The molecule has 0 saturated heterocycles. The van der Waals surface area contributed by atoms with Crippen LogP contribution in [0.25, 0.3) is 0 Å². The lowest BCUT2D eigenvalue weighted by molar-refractivity contribution is 0.684. The zero-order valence-corrected chi connectivity index (χ0v) is 5.05. The van der Waals surface area contributed by atoms with Gasteiger partial charge in [-0.05, 0) is 0 Å². The van der Waals surface area contributed by atoms with Crippen molar-refractivity contribution < 1.29 is 4.21 Å². The molecule has 0 aliphatic heterocycles. The van der Waals surface area contributed by atoms with Crippen LogP contribution in [0.2, 0.25) is 0 Å². The first-order valence-electron chi connectivity index (χ1n) is 2.16. The molecule has 0 radical (unpaired) electrons. The highest BCUT2D eigenvalue weighted by molar-refractivity contribution is 7.84. The Bertz CT molecular complexity index is 46.0. The van der Waals surface area contributed by atoms with Crippen molar-refractivity contribution in [1.82, 2.24) is 0 Å². The van der Waals surface area contributed by atoms with E-state index in [0.29, 0.717) is 0 Å². The van der Waals surface area contributed by atoms with Crippen LogP contribution < -0.4 is 0 Å². The molecular formula is C5H14OS. The lowest BCUT2D eigenvalue weighted by atomic mass is 11.0. The van der Waals surface area contributed by atoms with Crippen LogP contribution in [-0.4, -0.2) is 15.7 Å². The fourth-order valence-electron chi connectivity index (χ4n) is 0.204. The summed E-state index contributed by atoms with van der Waals surface area (Å²) in [7, 11) is -0.534. The van der Waals surface area contributed by atoms with E-state index in [9.17, 15) is 4.21 Å². The standard InChI is InChI=1S/C4H10OS.CH4/c1-3-6(5)4-2;/h3-4H2,1-2H3;1H4. The molecule has 0 bridgehead atoms. The highest BCUT2D eigenvalue weighted by Gasteiger charge is 1.83. The monoisotopic (exact) mass is 122 g/mol. The summed E-state index contributed by atoms with van der Waals surface area (Å²) in [6.45, 7) is 3.86. The number of rotatable bonds is 2. The van der Waals surface area contributed by atoms with Gasteiger partial charge in [-0.2, -0.15) is 0 Å². The summed E-state index contributed by atoms with van der Waals surface area (Å²) >= 11 is 0. The zero-order chi connectivity index (χ0) is 4.99. The van der Waals surface area contributed by atoms with Gasteiger partial charge in [0, 0.05) is 22.3 Å². The number of hydrogen-bond acceptors (Lipinski definition) is 1. The van der Waals surface area contributed by atoms with Gasteiger partial charge in [-0.15, -0.1) is 0 Å². The third-order valence-electron chi connectivity index (χ3n) is 0.644. The molecule has 0 spiro atoms. The molecule has 0 saturated carbocycles. The van der Waals surface area contributed by atoms with Gasteiger partial charge < -0.3 is 0 Å². The predicted molar refractivity (Wildman–Crippen MR) is 36.0 cm³/mol. The van der Waals surface area contributed by atoms with Crippen LogP contribution in [0.5, 0.6) is 0 Å². The van der Waals surface area contributed by atoms with Gasteiger partial charge in [-0.25, -0.2) is 0 Å².